The zero-order valence-electron chi connectivity index (χ0n) is 31.7. The second-order valence-electron chi connectivity index (χ2n) is 17.1. The summed E-state index contributed by atoms with van der Waals surface area (Å²) in [6, 6.07) is 0. The largest absolute Gasteiger partial charge is 0.466 e. The molecule has 0 aromatic rings. The fraction of sp³-hybridized carbons (Fsp3) is 0.921. The number of rotatable bonds is 19. The Hall–Kier alpha value is -1.71. The Morgan fingerprint density at radius 1 is 0.681 bits per heavy atom. The first kappa shape index (κ1) is 41.5. The van der Waals surface area contributed by atoms with Gasteiger partial charge in [-0.3, -0.25) is 14.4 Å². The Kier molecular flexibility index (Phi) is 15.7. The van der Waals surface area contributed by atoms with E-state index in [4.69, 9.17) is 14.2 Å². The molecule has 274 valence electrons. The summed E-state index contributed by atoms with van der Waals surface area (Å²) in [4.78, 5) is 41.2. The van der Waals surface area contributed by atoms with Crippen LogP contribution in [0.15, 0.2) is 0 Å². The molecule has 0 saturated carbocycles. The van der Waals surface area contributed by atoms with Crippen molar-refractivity contribution in [3.63, 3.8) is 0 Å². The summed E-state index contributed by atoms with van der Waals surface area (Å²) >= 11 is 0. The summed E-state index contributed by atoms with van der Waals surface area (Å²) in [7, 11) is 0. The molecule has 2 fully saturated rings. The molecule has 0 spiro atoms. The van der Waals surface area contributed by atoms with E-state index < -0.39 is 34.5 Å². The summed E-state index contributed by atoms with van der Waals surface area (Å²) in [6.45, 7) is 20.5. The van der Waals surface area contributed by atoms with Crippen LogP contribution in [0.25, 0.3) is 0 Å². The highest BCUT2D eigenvalue weighted by Gasteiger charge is 2.53. The van der Waals surface area contributed by atoms with Gasteiger partial charge in [0.2, 0.25) is 0 Å². The van der Waals surface area contributed by atoms with Crippen LogP contribution < -0.4 is 5.32 Å². The Morgan fingerprint density at radius 3 is 1.64 bits per heavy atom. The lowest BCUT2D eigenvalue weighted by molar-refractivity contribution is -0.260. The average Bonchev–Trinajstić information content (AvgIpc) is 2.93. The standard InChI is InChI=1S/C38H70N2O7/c1-11-13-15-16-17-18-19-21-31(41)45-24-20-23-38(22-14-12-2,32(42)46-29-25-34(3,4)39-35(5,6)26-29)33(43)47-30-27-36(7,8)40(44)37(9,10)28-30/h29-30,39,44H,11-28H2,1-10H3. The summed E-state index contributed by atoms with van der Waals surface area (Å²) in [5, 5.41) is 15.8. The van der Waals surface area contributed by atoms with E-state index in [9.17, 15) is 19.6 Å². The van der Waals surface area contributed by atoms with Gasteiger partial charge in [0, 0.05) is 54.3 Å². The van der Waals surface area contributed by atoms with Crippen molar-refractivity contribution in [2.45, 2.75) is 213 Å². The van der Waals surface area contributed by atoms with Crippen LogP contribution in [0, 0.1) is 5.41 Å². The number of hydrogen-bond acceptors (Lipinski definition) is 9. The Balaban J connectivity index is 2.20. The van der Waals surface area contributed by atoms with Gasteiger partial charge in [0.15, 0.2) is 5.41 Å². The maximum atomic E-state index is 14.4. The lowest BCUT2D eigenvalue weighted by Crippen LogP contribution is -2.61. The van der Waals surface area contributed by atoms with Crippen LogP contribution in [-0.2, 0) is 28.6 Å². The highest BCUT2D eigenvalue weighted by atomic mass is 16.6. The molecule has 2 saturated heterocycles. The van der Waals surface area contributed by atoms with Crippen LogP contribution in [0.5, 0.6) is 0 Å². The Bertz CT molecular complexity index is 974. The first-order chi connectivity index (χ1) is 21.8. The van der Waals surface area contributed by atoms with Gasteiger partial charge in [0.25, 0.3) is 0 Å². The van der Waals surface area contributed by atoms with E-state index >= 15 is 0 Å². The number of nitrogens with one attached hydrogen (secondary N) is 1. The number of hydroxylamine groups is 2. The molecule has 47 heavy (non-hydrogen) atoms. The van der Waals surface area contributed by atoms with Crippen molar-refractivity contribution in [2.24, 2.45) is 5.41 Å². The van der Waals surface area contributed by atoms with E-state index in [1.54, 1.807) is 0 Å². The van der Waals surface area contributed by atoms with Crippen LogP contribution in [0.3, 0.4) is 0 Å². The van der Waals surface area contributed by atoms with E-state index in [1.807, 2.05) is 34.6 Å². The molecule has 1 unspecified atom stereocenters. The third-order valence-corrected chi connectivity index (χ3v) is 10.0. The average molecular weight is 667 g/mol. The van der Waals surface area contributed by atoms with Gasteiger partial charge in [-0.15, -0.1) is 0 Å². The third kappa shape index (κ3) is 12.9. The van der Waals surface area contributed by atoms with Gasteiger partial charge in [-0.2, -0.15) is 5.06 Å². The number of unbranched alkanes of at least 4 members (excludes halogenated alkanes) is 7. The fourth-order valence-electron chi connectivity index (χ4n) is 8.06. The van der Waals surface area contributed by atoms with Crippen molar-refractivity contribution in [3.8, 4) is 0 Å². The molecular formula is C38H70N2O7. The number of nitrogens with zero attached hydrogens (tertiary/aromatic N) is 1. The molecule has 0 radical (unpaired) electrons. The second kappa shape index (κ2) is 17.8. The fourth-order valence-corrected chi connectivity index (χ4v) is 8.06. The first-order valence-corrected chi connectivity index (χ1v) is 18.7. The summed E-state index contributed by atoms with van der Waals surface area (Å²) in [5.41, 5.74) is -3.22. The van der Waals surface area contributed by atoms with Gasteiger partial charge in [0.1, 0.15) is 12.2 Å². The molecule has 2 aliphatic heterocycles. The molecule has 2 aliphatic rings. The van der Waals surface area contributed by atoms with Crippen molar-refractivity contribution in [2.75, 3.05) is 6.61 Å². The number of hydrogen-bond donors (Lipinski definition) is 2. The van der Waals surface area contributed by atoms with Gasteiger partial charge in [-0.25, -0.2) is 0 Å². The summed E-state index contributed by atoms with van der Waals surface area (Å²) < 4.78 is 18.1. The highest BCUT2D eigenvalue weighted by Crippen LogP contribution is 2.42. The number of ether oxygens (including phenoxy) is 3. The molecular weight excluding hydrogens is 596 g/mol. The monoisotopic (exact) mass is 667 g/mol. The minimum Gasteiger partial charge on any atom is -0.466 e. The quantitative estimate of drug-likeness (QED) is 0.0607. The second-order valence-corrected chi connectivity index (χ2v) is 17.1. The molecule has 1 atom stereocenters. The van der Waals surface area contributed by atoms with Crippen molar-refractivity contribution >= 4 is 17.9 Å². The minimum absolute atomic E-state index is 0.139. The SMILES string of the molecule is CCCCCCCCCC(=O)OCCCC(CCCC)(C(=O)OC1CC(C)(C)NC(C)(C)C1)C(=O)OC1CC(C)(C)N(O)C(C)(C)C1. The predicted molar refractivity (Wildman–Crippen MR) is 186 cm³/mol. The summed E-state index contributed by atoms with van der Waals surface area (Å²) in [6.07, 6.45) is 11.9. The zero-order chi connectivity index (χ0) is 35.5. The smallest absolute Gasteiger partial charge is 0.323 e. The topological polar surface area (TPSA) is 114 Å². The van der Waals surface area contributed by atoms with Crippen LogP contribution in [0.1, 0.15) is 178 Å². The van der Waals surface area contributed by atoms with Gasteiger partial charge in [0.05, 0.1) is 6.61 Å². The van der Waals surface area contributed by atoms with Gasteiger partial charge in [-0.05, 0) is 81.1 Å². The highest BCUT2D eigenvalue weighted by molar-refractivity contribution is 6.00. The molecule has 9 heteroatoms. The van der Waals surface area contributed by atoms with Crippen molar-refractivity contribution in [1.29, 1.82) is 0 Å². The normalized spacial score (nSPS) is 22.3. The van der Waals surface area contributed by atoms with E-state index in [0.717, 1.165) is 25.7 Å². The van der Waals surface area contributed by atoms with E-state index in [0.29, 0.717) is 51.4 Å². The number of carbonyl (C=O) groups excluding carboxylic acids is 3. The Morgan fingerprint density at radius 2 is 1.13 bits per heavy atom. The number of carbonyl (C=O) groups is 3. The van der Waals surface area contributed by atoms with E-state index in [-0.39, 0.29) is 36.2 Å². The van der Waals surface area contributed by atoms with Gasteiger partial charge in [-0.1, -0.05) is 65.2 Å². The molecule has 0 amide bonds. The predicted octanol–water partition coefficient (Wildman–Crippen LogP) is 8.43. The van der Waals surface area contributed by atoms with Crippen molar-refractivity contribution in [3.05, 3.63) is 0 Å². The van der Waals surface area contributed by atoms with Gasteiger partial charge >= 0.3 is 17.9 Å². The number of esters is 3. The lowest BCUT2D eigenvalue weighted by atomic mass is 9.77. The van der Waals surface area contributed by atoms with Crippen LogP contribution in [-0.4, -0.2) is 69.1 Å². The molecule has 2 heterocycles. The Labute approximate surface area is 286 Å². The molecule has 9 nitrogen and oxygen atoms in total. The van der Waals surface area contributed by atoms with E-state index in [2.05, 4.69) is 39.9 Å². The third-order valence-electron chi connectivity index (χ3n) is 10.0. The molecule has 0 aromatic heterocycles. The molecule has 2 N–H and O–H groups in total. The maximum Gasteiger partial charge on any atom is 0.323 e. The van der Waals surface area contributed by atoms with Gasteiger partial charge < -0.3 is 24.7 Å². The molecule has 0 bridgehead atoms. The maximum absolute atomic E-state index is 14.4. The number of piperidine rings is 2. The van der Waals surface area contributed by atoms with E-state index in [1.165, 1.54) is 30.7 Å². The lowest BCUT2D eigenvalue weighted by Gasteiger charge is -2.51. The zero-order valence-corrected chi connectivity index (χ0v) is 31.7. The molecule has 0 aliphatic carbocycles. The van der Waals surface area contributed by atoms with Crippen LogP contribution in [0.4, 0.5) is 0 Å². The molecule has 0 aromatic carbocycles. The van der Waals surface area contributed by atoms with Crippen LogP contribution >= 0.6 is 0 Å². The summed E-state index contributed by atoms with van der Waals surface area (Å²) in [5.74, 6) is -1.34. The minimum atomic E-state index is -1.51. The molecule has 2 rings (SSSR count). The first-order valence-electron chi connectivity index (χ1n) is 18.7. The van der Waals surface area contributed by atoms with Crippen LogP contribution in [0.2, 0.25) is 0 Å². The van der Waals surface area contributed by atoms with Crippen molar-refractivity contribution in [1.82, 2.24) is 10.4 Å². The van der Waals surface area contributed by atoms with Crippen molar-refractivity contribution < 1.29 is 33.8 Å².